The number of likely N-dealkylation sites (tertiary alicyclic amines) is 1. The highest BCUT2D eigenvalue weighted by Gasteiger charge is 2.59. The van der Waals surface area contributed by atoms with Crippen LogP contribution in [0.15, 0.2) is 35.3 Å². The Morgan fingerprint density at radius 1 is 1.22 bits per heavy atom. The van der Waals surface area contributed by atoms with Crippen LogP contribution < -0.4 is 5.32 Å². The van der Waals surface area contributed by atoms with E-state index in [1.54, 1.807) is 0 Å². The van der Waals surface area contributed by atoms with Crippen LogP contribution in [0.4, 0.5) is 0 Å². The first-order valence-electron chi connectivity index (χ1n) is 10.2. The standard InChI is InChI=1S/C22H33N3O.HI/c1-15-14-25(12-10-17(15)16-8-6-5-7-9-16)21(23-4)24-19-18-11-13-26-20(18)22(19,2)3;/h5-9,15,17-20H,10-14H2,1-4H3,(H,23,24);1H. The fourth-order valence-corrected chi connectivity index (χ4v) is 5.59. The van der Waals surface area contributed by atoms with E-state index in [-0.39, 0.29) is 29.4 Å². The molecule has 0 amide bonds. The number of piperidine rings is 1. The minimum absolute atomic E-state index is 0. The lowest BCUT2D eigenvalue weighted by Crippen LogP contribution is -2.68. The third kappa shape index (κ3) is 3.74. The minimum atomic E-state index is 0. The minimum Gasteiger partial charge on any atom is -0.377 e. The molecule has 3 fully saturated rings. The highest BCUT2D eigenvalue weighted by atomic mass is 127. The molecule has 5 heteroatoms. The molecule has 3 aliphatic rings. The van der Waals surface area contributed by atoms with Crippen LogP contribution >= 0.6 is 24.0 Å². The van der Waals surface area contributed by atoms with Crippen molar-refractivity contribution in [1.29, 1.82) is 0 Å². The number of rotatable bonds is 2. The molecular weight excluding hydrogens is 449 g/mol. The van der Waals surface area contributed by atoms with Gasteiger partial charge in [0.15, 0.2) is 5.96 Å². The van der Waals surface area contributed by atoms with Gasteiger partial charge >= 0.3 is 0 Å². The molecule has 0 aromatic heterocycles. The fourth-order valence-electron chi connectivity index (χ4n) is 5.59. The average Bonchev–Trinajstić information content (AvgIpc) is 3.10. The number of ether oxygens (including phenoxy) is 1. The van der Waals surface area contributed by atoms with Crippen LogP contribution in [0.5, 0.6) is 0 Å². The maximum Gasteiger partial charge on any atom is 0.193 e. The molecular formula is C22H34IN3O. The molecule has 1 saturated carbocycles. The lowest BCUT2D eigenvalue weighted by molar-refractivity contribution is -0.107. The topological polar surface area (TPSA) is 36.9 Å². The molecule has 0 radical (unpaired) electrons. The molecule has 0 spiro atoms. The summed E-state index contributed by atoms with van der Waals surface area (Å²) in [4.78, 5) is 7.10. The van der Waals surface area contributed by atoms with E-state index in [0.29, 0.717) is 29.9 Å². The van der Waals surface area contributed by atoms with E-state index in [4.69, 9.17) is 4.74 Å². The molecule has 2 saturated heterocycles. The Morgan fingerprint density at radius 2 is 1.96 bits per heavy atom. The van der Waals surface area contributed by atoms with Gasteiger partial charge in [0.2, 0.25) is 0 Å². The number of hydrogen-bond acceptors (Lipinski definition) is 2. The Kier molecular flexibility index (Phi) is 6.41. The largest absolute Gasteiger partial charge is 0.377 e. The van der Waals surface area contributed by atoms with Crippen LogP contribution in [-0.4, -0.2) is 49.7 Å². The van der Waals surface area contributed by atoms with Crippen molar-refractivity contribution < 1.29 is 4.74 Å². The zero-order chi connectivity index (χ0) is 18.3. The van der Waals surface area contributed by atoms with E-state index in [9.17, 15) is 0 Å². The second-order valence-electron chi connectivity index (χ2n) is 8.96. The summed E-state index contributed by atoms with van der Waals surface area (Å²) in [6.07, 6.45) is 2.78. The average molecular weight is 483 g/mol. The fraction of sp³-hybridized carbons (Fsp3) is 0.682. The van der Waals surface area contributed by atoms with Gasteiger partial charge in [-0.3, -0.25) is 4.99 Å². The SMILES string of the molecule is CN=C(NC1C2CCOC2C1(C)C)N1CCC(c2ccccc2)C(C)C1.I. The Hall–Kier alpha value is -0.820. The third-order valence-corrected chi connectivity index (χ3v) is 7.03. The maximum atomic E-state index is 5.94. The molecule has 1 aliphatic carbocycles. The lowest BCUT2D eigenvalue weighted by atomic mass is 9.57. The Balaban J connectivity index is 0.00000210. The van der Waals surface area contributed by atoms with E-state index >= 15 is 0 Å². The summed E-state index contributed by atoms with van der Waals surface area (Å²) in [5.74, 6) is 2.99. The molecule has 4 rings (SSSR count). The monoisotopic (exact) mass is 483 g/mol. The predicted octanol–water partition coefficient (Wildman–Crippen LogP) is 4.12. The zero-order valence-corrected chi connectivity index (χ0v) is 19.4. The number of nitrogens with one attached hydrogen (secondary N) is 1. The summed E-state index contributed by atoms with van der Waals surface area (Å²) >= 11 is 0. The first-order chi connectivity index (χ1) is 12.5. The molecule has 27 heavy (non-hydrogen) atoms. The molecule has 150 valence electrons. The van der Waals surface area contributed by atoms with Crippen LogP contribution in [0.1, 0.15) is 45.1 Å². The van der Waals surface area contributed by atoms with E-state index < -0.39 is 0 Å². The van der Waals surface area contributed by atoms with Crippen LogP contribution in [0.2, 0.25) is 0 Å². The van der Waals surface area contributed by atoms with Gasteiger partial charge in [-0.2, -0.15) is 0 Å². The number of benzene rings is 1. The summed E-state index contributed by atoms with van der Waals surface area (Å²) in [7, 11) is 1.92. The molecule has 2 heterocycles. The van der Waals surface area contributed by atoms with Crippen molar-refractivity contribution >= 4 is 29.9 Å². The van der Waals surface area contributed by atoms with Crippen molar-refractivity contribution in [3.05, 3.63) is 35.9 Å². The van der Waals surface area contributed by atoms with Gasteiger partial charge < -0.3 is 15.0 Å². The molecule has 1 aromatic carbocycles. The van der Waals surface area contributed by atoms with Gasteiger partial charge in [-0.05, 0) is 30.2 Å². The van der Waals surface area contributed by atoms with Crippen molar-refractivity contribution in [2.24, 2.45) is 22.2 Å². The van der Waals surface area contributed by atoms with E-state index in [0.717, 1.165) is 25.7 Å². The van der Waals surface area contributed by atoms with Crippen molar-refractivity contribution in [2.75, 3.05) is 26.7 Å². The number of aliphatic imine (C=N–C) groups is 1. The van der Waals surface area contributed by atoms with E-state index in [1.165, 1.54) is 18.4 Å². The molecule has 4 nitrogen and oxygen atoms in total. The summed E-state index contributed by atoms with van der Waals surface area (Å²) < 4.78 is 5.94. The highest BCUT2D eigenvalue weighted by molar-refractivity contribution is 14.0. The molecule has 2 aliphatic heterocycles. The smallest absolute Gasteiger partial charge is 0.193 e. The number of hydrogen-bond donors (Lipinski definition) is 1. The van der Waals surface area contributed by atoms with E-state index in [2.05, 4.69) is 66.3 Å². The Morgan fingerprint density at radius 3 is 2.63 bits per heavy atom. The molecule has 1 aromatic rings. The summed E-state index contributed by atoms with van der Waals surface area (Å²) in [5, 5.41) is 3.81. The lowest BCUT2D eigenvalue weighted by Gasteiger charge is -2.55. The van der Waals surface area contributed by atoms with Gasteiger partial charge in [0.1, 0.15) is 0 Å². The Labute approximate surface area is 181 Å². The third-order valence-electron chi connectivity index (χ3n) is 7.03. The maximum absolute atomic E-state index is 5.94. The first kappa shape index (κ1) is 20.9. The van der Waals surface area contributed by atoms with Crippen LogP contribution in [0.3, 0.4) is 0 Å². The van der Waals surface area contributed by atoms with Gasteiger partial charge in [-0.15, -0.1) is 24.0 Å². The van der Waals surface area contributed by atoms with Gasteiger partial charge in [-0.25, -0.2) is 0 Å². The van der Waals surface area contributed by atoms with Crippen molar-refractivity contribution in [3.8, 4) is 0 Å². The van der Waals surface area contributed by atoms with Gasteiger partial charge in [-0.1, -0.05) is 51.1 Å². The second-order valence-corrected chi connectivity index (χ2v) is 8.96. The number of guanidine groups is 1. The second kappa shape index (κ2) is 8.27. The van der Waals surface area contributed by atoms with Crippen molar-refractivity contribution in [3.63, 3.8) is 0 Å². The Bertz CT molecular complexity index is 663. The summed E-state index contributed by atoms with van der Waals surface area (Å²) in [6.45, 7) is 10.1. The molecule has 1 N–H and O–H groups in total. The molecule has 0 bridgehead atoms. The summed E-state index contributed by atoms with van der Waals surface area (Å²) in [6, 6.07) is 11.5. The zero-order valence-electron chi connectivity index (χ0n) is 17.0. The van der Waals surface area contributed by atoms with E-state index in [1.807, 2.05) is 7.05 Å². The predicted molar refractivity (Wildman–Crippen MR) is 122 cm³/mol. The van der Waals surface area contributed by atoms with Gasteiger partial charge in [0.25, 0.3) is 0 Å². The highest BCUT2D eigenvalue weighted by Crippen LogP contribution is 2.52. The normalized spacial score (nSPS) is 35.0. The number of nitrogens with zero attached hydrogens (tertiary/aromatic N) is 2. The van der Waals surface area contributed by atoms with Crippen LogP contribution in [0.25, 0.3) is 0 Å². The summed E-state index contributed by atoms with van der Waals surface area (Å²) in [5.41, 5.74) is 1.67. The van der Waals surface area contributed by atoms with Crippen LogP contribution in [0, 0.1) is 17.3 Å². The number of fused-ring (bicyclic) bond motifs is 1. The molecule has 5 unspecified atom stereocenters. The number of halogens is 1. The first-order valence-corrected chi connectivity index (χ1v) is 10.2. The van der Waals surface area contributed by atoms with Gasteiger partial charge in [0, 0.05) is 44.1 Å². The van der Waals surface area contributed by atoms with Gasteiger partial charge in [0.05, 0.1) is 6.10 Å². The van der Waals surface area contributed by atoms with Crippen molar-refractivity contribution in [1.82, 2.24) is 10.2 Å². The van der Waals surface area contributed by atoms with Crippen LogP contribution in [-0.2, 0) is 4.74 Å². The van der Waals surface area contributed by atoms with Crippen molar-refractivity contribution in [2.45, 2.75) is 51.7 Å². The quantitative estimate of drug-likeness (QED) is 0.391. The molecule has 5 atom stereocenters.